The number of carbonyl (C=O) groups is 1. The number of hydrogen-bond acceptors (Lipinski definition) is 6. The van der Waals surface area contributed by atoms with Gasteiger partial charge in [0.25, 0.3) is 5.56 Å². The number of benzene rings is 2. The largest absolute Gasteiger partial charge is 0.353 e. The minimum Gasteiger partial charge on any atom is -0.353 e. The number of hydrogen-bond donors (Lipinski definition) is 1. The highest BCUT2D eigenvalue weighted by molar-refractivity contribution is 7.99. The molecule has 0 saturated heterocycles. The maximum absolute atomic E-state index is 12.9. The first-order valence-corrected chi connectivity index (χ1v) is 11.6. The van der Waals surface area contributed by atoms with Crippen LogP contribution in [0.3, 0.4) is 0 Å². The van der Waals surface area contributed by atoms with Gasteiger partial charge in [0.05, 0.1) is 22.7 Å². The van der Waals surface area contributed by atoms with E-state index in [0.29, 0.717) is 34.9 Å². The number of amides is 1. The molecule has 9 heteroatoms. The maximum atomic E-state index is 12.9. The molecule has 1 N–H and O–H groups in total. The van der Waals surface area contributed by atoms with E-state index >= 15 is 0 Å². The normalized spacial score (nSPS) is 12.3. The van der Waals surface area contributed by atoms with Crippen LogP contribution >= 0.6 is 11.8 Å². The minimum absolute atomic E-state index is 0.0753. The van der Waals surface area contributed by atoms with Crippen LogP contribution in [0, 0.1) is 0 Å². The molecule has 33 heavy (non-hydrogen) atoms. The molecular weight excluding hydrogens is 436 g/mol. The average Bonchev–Trinajstić information content (AvgIpc) is 3.25. The Balaban J connectivity index is 1.53. The lowest BCUT2D eigenvalue weighted by molar-refractivity contribution is -0.118. The van der Waals surface area contributed by atoms with Crippen LogP contribution < -0.4 is 10.9 Å². The second-order valence-electron chi connectivity index (χ2n) is 7.82. The van der Waals surface area contributed by atoms with E-state index in [4.69, 9.17) is 0 Å². The lowest BCUT2D eigenvalue weighted by Crippen LogP contribution is -2.35. The Bertz CT molecular complexity index is 1350. The Morgan fingerprint density at radius 1 is 1.15 bits per heavy atom. The van der Waals surface area contributed by atoms with Crippen molar-refractivity contribution in [2.24, 2.45) is 0 Å². The molecule has 0 saturated carbocycles. The predicted octanol–water partition coefficient (Wildman–Crippen LogP) is 2.74. The molecule has 4 rings (SSSR count). The van der Waals surface area contributed by atoms with E-state index in [0.717, 1.165) is 5.56 Å². The van der Waals surface area contributed by atoms with E-state index in [2.05, 4.69) is 39.1 Å². The molecule has 0 bridgehead atoms. The molecule has 0 unspecified atom stereocenters. The molecule has 170 valence electrons. The highest BCUT2D eigenvalue weighted by Gasteiger charge is 2.18. The standard InChI is InChI=1S/C24H26N6O2S/c1-4-14-29-22(32)18-12-8-9-13-19(18)30-23(29)26-27-24(30)33-16-21(31)25-15-20(28(2)3)17-10-6-5-7-11-17/h4-13,20H,1,14-16H2,2-3H3,(H,25,31)/t20-/m0/s1. The van der Waals surface area contributed by atoms with Crippen LogP contribution in [0.4, 0.5) is 0 Å². The molecule has 0 radical (unpaired) electrons. The zero-order chi connectivity index (χ0) is 23.4. The van der Waals surface area contributed by atoms with Crippen molar-refractivity contribution in [2.45, 2.75) is 17.7 Å². The molecule has 0 fully saturated rings. The molecule has 2 aromatic heterocycles. The zero-order valence-electron chi connectivity index (χ0n) is 18.6. The van der Waals surface area contributed by atoms with Crippen molar-refractivity contribution in [3.8, 4) is 0 Å². The van der Waals surface area contributed by atoms with Gasteiger partial charge in [-0.1, -0.05) is 60.3 Å². The lowest BCUT2D eigenvalue weighted by Gasteiger charge is -2.25. The Kier molecular flexibility index (Phi) is 6.90. The van der Waals surface area contributed by atoms with Crippen LogP contribution in [0.15, 0.2) is 77.2 Å². The molecule has 0 aliphatic rings. The van der Waals surface area contributed by atoms with Crippen LogP contribution in [-0.2, 0) is 11.3 Å². The van der Waals surface area contributed by atoms with Crippen molar-refractivity contribution in [2.75, 3.05) is 26.4 Å². The van der Waals surface area contributed by atoms with Crippen LogP contribution in [0.2, 0.25) is 0 Å². The van der Waals surface area contributed by atoms with Gasteiger partial charge < -0.3 is 10.2 Å². The first-order chi connectivity index (χ1) is 16.0. The third-order valence-corrected chi connectivity index (χ3v) is 6.35. The molecule has 1 amide bonds. The van der Waals surface area contributed by atoms with Gasteiger partial charge in [-0.05, 0) is 31.8 Å². The van der Waals surface area contributed by atoms with Crippen molar-refractivity contribution in [1.29, 1.82) is 0 Å². The summed E-state index contributed by atoms with van der Waals surface area (Å²) in [5, 5.41) is 12.6. The van der Waals surface area contributed by atoms with Gasteiger partial charge in [-0.15, -0.1) is 16.8 Å². The first-order valence-electron chi connectivity index (χ1n) is 10.6. The number of nitrogens with zero attached hydrogens (tertiary/aromatic N) is 5. The monoisotopic (exact) mass is 462 g/mol. The molecule has 1 atom stereocenters. The quantitative estimate of drug-likeness (QED) is 0.304. The summed E-state index contributed by atoms with van der Waals surface area (Å²) in [6, 6.07) is 17.5. The van der Waals surface area contributed by atoms with Crippen molar-refractivity contribution < 1.29 is 4.79 Å². The predicted molar refractivity (Wildman–Crippen MR) is 132 cm³/mol. The molecule has 0 aliphatic carbocycles. The summed E-state index contributed by atoms with van der Waals surface area (Å²) < 4.78 is 3.36. The summed E-state index contributed by atoms with van der Waals surface area (Å²) in [6.07, 6.45) is 1.65. The zero-order valence-corrected chi connectivity index (χ0v) is 19.5. The van der Waals surface area contributed by atoms with Gasteiger partial charge in [-0.25, -0.2) is 0 Å². The van der Waals surface area contributed by atoms with E-state index in [-0.39, 0.29) is 23.3 Å². The van der Waals surface area contributed by atoms with Gasteiger partial charge in [0.1, 0.15) is 0 Å². The van der Waals surface area contributed by atoms with Gasteiger partial charge in [0, 0.05) is 13.1 Å². The van der Waals surface area contributed by atoms with E-state index in [1.807, 2.05) is 54.9 Å². The van der Waals surface area contributed by atoms with Crippen molar-refractivity contribution >= 4 is 34.3 Å². The van der Waals surface area contributed by atoms with Gasteiger partial charge in [-0.2, -0.15) is 0 Å². The number of thioether (sulfide) groups is 1. The van der Waals surface area contributed by atoms with E-state index in [9.17, 15) is 9.59 Å². The first kappa shape index (κ1) is 22.8. The Hall–Kier alpha value is -3.43. The van der Waals surface area contributed by atoms with Crippen molar-refractivity contribution in [1.82, 2.24) is 29.4 Å². The Morgan fingerprint density at radius 2 is 1.88 bits per heavy atom. The average molecular weight is 463 g/mol. The Labute approximate surface area is 195 Å². The fourth-order valence-electron chi connectivity index (χ4n) is 3.79. The summed E-state index contributed by atoms with van der Waals surface area (Å²) in [6.45, 7) is 4.56. The van der Waals surface area contributed by atoms with Crippen molar-refractivity contribution in [3.63, 3.8) is 0 Å². The SMILES string of the molecule is C=CCn1c(=O)c2ccccc2n2c(SCC(=O)NC[C@@H](c3ccccc3)N(C)C)nnc12. The Morgan fingerprint density at radius 3 is 2.61 bits per heavy atom. The highest BCUT2D eigenvalue weighted by Crippen LogP contribution is 2.22. The molecule has 4 aromatic rings. The summed E-state index contributed by atoms with van der Waals surface area (Å²) in [4.78, 5) is 27.6. The van der Waals surface area contributed by atoms with E-state index < -0.39 is 0 Å². The molecular formula is C24H26N6O2S. The van der Waals surface area contributed by atoms with Gasteiger partial charge in [0.15, 0.2) is 5.16 Å². The molecule has 8 nitrogen and oxygen atoms in total. The number of carbonyl (C=O) groups excluding carboxylic acids is 1. The second-order valence-corrected chi connectivity index (χ2v) is 8.76. The molecule has 0 spiro atoms. The number of rotatable bonds is 9. The van der Waals surface area contributed by atoms with Crippen LogP contribution in [0.1, 0.15) is 11.6 Å². The highest BCUT2D eigenvalue weighted by atomic mass is 32.2. The van der Waals surface area contributed by atoms with E-state index in [1.54, 1.807) is 12.1 Å². The fraction of sp³-hybridized carbons (Fsp3) is 0.250. The third-order valence-electron chi connectivity index (χ3n) is 5.42. The molecule has 2 heterocycles. The van der Waals surface area contributed by atoms with Crippen molar-refractivity contribution in [3.05, 3.63) is 83.2 Å². The van der Waals surface area contributed by atoms with Gasteiger partial charge in [0.2, 0.25) is 11.7 Å². The van der Waals surface area contributed by atoms with E-state index in [1.165, 1.54) is 16.3 Å². The minimum atomic E-state index is -0.143. The number of allylic oxidation sites excluding steroid dienone is 1. The fourth-order valence-corrected chi connectivity index (χ4v) is 4.56. The number of likely N-dealkylation sites (N-methyl/N-ethyl adjacent to an activating group) is 1. The van der Waals surface area contributed by atoms with Crippen LogP contribution in [-0.4, -0.2) is 56.4 Å². The van der Waals surface area contributed by atoms with Gasteiger partial charge in [-0.3, -0.25) is 18.6 Å². The summed E-state index contributed by atoms with van der Waals surface area (Å²) in [5.41, 5.74) is 1.71. The molecule has 2 aromatic carbocycles. The molecule has 0 aliphatic heterocycles. The topological polar surface area (TPSA) is 84.5 Å². The summed E-state index contributed by atoms with van der Waals surface area (Å²) in [7, 11) is 3.99. The number of nitrogens with one attached hydrogen (secondary N) is 1. The maximum Gasteiger partial charge on any atom is 0.263 e. The van der Waals surface area contributed by atoms with Gasteiger partial charge >= 0.3 is 0 Å². The second kappa shape index (κ2) is 10.0. The smallest absolute Gasteiger partial charge is 0.263 e. The summed E-state index contributed by atoms with van der Waals surface area (Å²) in [5.74, 6) is 0.520. The van der Waals surface area contributed by atoms with Crippen LogP contribution in [0.25, 0.3) is 16.7 Å². The summed E-state index contributed by atoms with van der Waals surface area (Å²) >= 11 is 1.29. The number of fused-ring (bicyclic) bond motifs is 3. The van der Waals surface area contributed by atoms with Crippen LogP contribution in [0.5, 0.6) is 0 Å². The third kappa shape index (κ3) is 4.69. The number of para-hydroxylation sites is 1. The lowest BCUT2D eigenvalue weighted by atomic mass is 10.1. The number of aromatic nitrogens is 4.